The van der Waals surface area contributed by atoms with Crippen molar-refractivity contribution >= 4 is 10.1 Å². The average Bonchev–Trinajstić information content (AvgIpc) is 2.53. The van der Waals surface area contributed by atoms with Gasteiger partial charge in [0.1, 0.15) is 10.1 Å². The van der Waals surface area contributed by atoms with Gasteiger partial charge in [-0.15, -0.1) is 0 Å². The Hall–Kier alpha value is -2.00. The van der Waals surface area contributed by atoms with E-state index in [4.69, 9.17) is 15.3 Å². The van der Waals surface area contributed by atoms with Gasteiger partial charge in [0.2, 0.25) is 0 Å². The molecule has 150 valence electrons. The van der Waals surface area contributed by atoms with Crippen LogP contribution in [0.5, 0.6) is 0 Å². The molecule has 2 N–H and O–H groups in total. The van der Waals surface area contributed by atoms with E-state index in [1.165, 1.54) is 4.68 Å². The predicted molar refractivity (Wildman–Crippen MR) is 101 cm³/mol. The minimum Gasteiger partial charge on any atom is -0.744 e. The minimum absolute atomic E-state index is 0.0851. The van der Waals surface area contributed by atoms with E-state index in [2.05, 4.69) is 0 Å². The van der Waals surface area contributed by atoms with Crippen LogP contribution < -0.4 is 10.5 Å². The van der Waals surface area contributed by atoms with Crippen LogP contribution in [0, 0.1) is 20.8 Å². The molecular weight excluding hydrogens is 368 g/mol. The average molecular weight is 397 g/mol. The Labute approximate surface area is 161 Å². The number of nitrogen functional groups attached to an aromatic ring is 1. The van der Waals surface area contributed by atoms with Gasteiger partial charge in [0, 0.05) is 30.9 Å². The first-order valence-electron chi connectivity index (χ1n) is 8.63. The highest BCUT2D eigenvalue weighted by Gasteiger charge is 2.12. The van der Waals surface area contributed by atoms with Crippen molar-refractivity contribution < 1.29 is 27.1 Å². The molecule has 0 bridgehead atoms. The van der Waals surface area contributed by atoms with Gasteiger partial charge in [0.15, 0.2) is 18.7 Å². The molecule has 27 heavy (non-hydrogen) atoms. The van der Waals surface area contributed by atoms with Crippen molar-refractivity contribution in [2.75, 3.05) is 19.1 Å². The Morgan fingerprint density at radius 3 is 1.85 bits per heavy atom. The maximum atomic E-state index is 10.8. The van der Waals surface area contributed by atoms with Crippen molar-refractivity contribution in [3.8, 4) is 0 Å². The van der Waals surface area contributed by atoms with Gasteiger partial charge in [-0.3, -0.25) is 0 Å². The molecule has 0 fully saturated rings. The number of ether oxygens (including phenoxy) is 2. The molecule has 0 saturated heterocycles. The number of hydrogen-bond donors (Lipinski definition) is 1. The summed E-state index contributed by atoms with van der Waals surface area (Å²) in [7, 11) is -4.33. The third kappa shape index (κ3) is 7.26. The van der Waals surface area contributed by atoms with E-state index >= 15 is 0 Å². The zero-order chi connectivity index (χ0) is 20.6. The third-order valence-corrected chi connectivity index (χ3v) is 4.79. The van der Waals surface area contributed by atoms with Gasteiger partial charge in [0.25, 0.3) is 0 Å². The highest BCUT2D eigenvalue weighted by molar-refractivity contribution is 7.85. The number of nitrogens with two attached hydrogens (primary N) is 1. The molecule has 7 nitrogen and oxygen atoms in total. The predicted octanol–water partition coefficient (Wildman–Crippen LogP) is 2.28. The van der Waals surface area contributed by atoms with E-state index in [1.807, 2.05) is 32.9 Å². The van der Waals surface area contributed by atoms with Crippen LogP contribution in [0.25, 0.3) is 0 Å². The maximum absolute atomic E-state index is 10.8. The van der Waals surface area contributed by atoms with E-state index in [1.54, 1.807) is 38.4 Å². The molecule has 0 unspecified atom stereocenters. The lowest BCUT2D eigenvalue weighted by molar-refractivity contribution is -0.639. The van der Waals surface area contributed by atoms with Crippen LogP contribution in [0.4, 0.5) is 0 Å². The molecular formula is C19H28N2O5S. The number of aryl methyl sites for hydroxylation is 3. The standard InChI is InChI=1S/C10H17N2O2.C9H12O3S/c1-3-13-10(14-4-2)9-5-7-12(11)8-6-9;1-6-4-7(2)9(8(3)5-6)13(10,11)12/h5-8,10H,3-4,11H2,1-2H3;4-5H,1-3H3,(H,10,11,12)/q+1;/p-1. The van der Waals surface area contributed by atoms with Crippen LogP contribution in [0.1, 0.15) is 42.4 Å². The fraction of sp³-hybridized carbons (Fsp3) is 0.421. The summed E-state index contributed by atoms with van der Waals surface area (Å²) in [4.78, 5) is -0.0851. The first-order valence-corrected chi connectivity index (χ1v) is 10.0. The maximum Gasteiger partial charge on any atom is 0.199 e. The van der Waals surface area contributed by atoms with Gasteiger partial charge in [0.05, 0.1) is 4.90 Å². The normalized spacial score (nSPS) is 11.2. The zero-order valence-corrected chi connectivity index (χ0v) is 17.2. The summed E-state index contributed by atoms with van der Waals surface area (Å²) in [6.45, 7) is 10.3. The monoisotopic (exact) mass is 396 g/mol. The summed E-state index contributed by atoms with van der Waals surface area (Å²) < 4.78 is 44.8. The summed E-state index contributed by atoms with van der Waals surface area (Å²) in [5, 5.41) is 0. The summed E-state index contributed by atoms with van der Waals surface area (Å²) in [5.41, 5.74) is 2.98. The molecule has 1 heterocycles. The Morgan fingerprint density at radius 1 is 1.04 bits per heavy atom. The fourth-order valence-corrected chi connectivity index (χ4v) is 3.62. The van der Waals surface area contributed by atoms with Gasteiger partial charge in [-0.25, -0.2) is 14.3 Å². The van der Waals surface area contributed by atoms with Crippen molar-refractivity contribution in [2.24, 2.45) is 0 Å². The molecule has 0 spiro atoms. The van der Waals surface area contributed by atoms with Crippen molar-refractivity contribution in [1.29, 1.82) is 0 Å². The molecule has 0 aliphatic heterocycles. The van der Waals surface area contributed by atoms with E-state index in [-0.39, 0.29) is 11.2 Å². The number of benzene rings is 1. The van der Waals surface area contributed by atoms with Crippen molar-refractivity contribution in [3.05, 3.63) is 58.9 Å². The van der Waals surface area contributed by atoms with E-state index in [0.29, 0.717) is 24.3 Å². The first-order chi connectivity index (χ1) is 12.6. The van der Waals surface area contributed by atoms with Crippen LogP contribution in [0.3, 0.4) is 0 Å². The van der Waals surface area contributed by atoms with Crippen molar-refractivity contribution in [3.63, 3.8) is 0 Å². The first kappa shape index (κ1) is 23.0. The highest BCUT2D eigenvalue weighted by atomic mass is 32.2. The number of nitrogens with zero attached hydrogens (tertiary/aromatic N) is 1. The number of pyridine rings is 1. The molecule has 2 aromatic rings. The lowest BCUT2D eigenvalue weighted by Gasteiger charge is -2.15. The second kappa shape index (κ2) is 10.4. The summed E-state index contributed by atoms with van der Waals surface area (Å²) in [6.07, 6.45) is 3.24. The third-order valence-electron chi connectivity index (χ3n) is 3.64. The summed E-state index contributed by atoms with van der Waals surface area (Å²) >= 11 is 0. The van der Waals surface area contributed by atoms with Crippen LogP contribution in [0.15, 0.2) is 41.6 Å². The molecule has 1 aromatic heterocycles. The van der Waals surface area contributed by atoms with Crippen LogP contribution in [-0.4, -0.2) is 26.2 Å². The number of aromatic nitrogens is 1. The smallest absolute Gasteiger partial charge is 0.199 e. The largest absolute Gasteiger partial charge is 0.744 e. The number of hydrogen-bond acceptors (Lipinski definition) is 6. The Bertz CT molecular complexity index is 807. The van der Waals surface area contributed by atoms with Crippen LogP contribution >= 0.6 is 0 Å². The molecule has 1 aromatic carbocycles. The molecule has 8 heteroatoms. The topological polar surface area (TPSA) is 106 Å². The minimum atomic E-state index is -4.33. The molecule has 0 aliphatic rings. The summed E-state index contributed by atoms with van der Waals surface area (Å²) in [6, 6.07) is 7.15. The van der Waals surface area contributed by atoms with Gasteiger partial charge >= 0.3 is 0 Å². The Morgan fingerprint density at radius 2 is 1.48 bits per heavy atom. The molecule has 0 amide bonds. The Balaban J connectivity index is 0.000000271. The lowest BCUT2D eigenvalue weighted by atomic mass is 10.1. The highest BCUT2D eigenvalue weighted by Crippen LogP contribution is 2.21. The van der Waals surface area contributed by atoms with Crippen molar-refractivity contribution in [2.45, 2.75) is 45.8 Å². The zero-order valence-electron chi connectivity index (χ0n) is 16.4. The SMILES string of the molecule is CCOC(OCC)c1cc[n+](N)cc1.Cc1cc(C)c(S(=O)(=O)[O-])c(C)c1. The lowest BCUT2D eigenvalue weighted by Crippen LogP contribution is -2.43. The quantitative estimate of drug-likeness (QED) is 0.347. The summed E-state index contributed by atoms with van der Waals surface area (Å²) in [5.74, 6) is 5.51. The molecule has 2 rings (SSSR count). The molecule has 0 saturated carbocycles. The second-order valence-electron chi connectivity index (χ2n) is 6.00. The van der Waals surface area contributed by atoms with E-state index < -0.39 is 10.1 Å². The van der Waals surface area contributed by atoms with Crippen molar-refractivity contribution in [1.82, 2.24) is 0 Å². The van der Waals surface area contributed by atoms with Crippen LogP contribution in [0.2, 0.25) is 0 Å². The number of rotatable bonds is 6. The Kier molecular flexibility index (Phi) is 8.84. The van der Waals surface area contributed by atoms with E-state index in [0.717, 1.165) is 11.1 Å². The second-order valence-corrected chi connectivity index (χ2v) is 7.32. The van der Waals surface area contributed by atoms with Gasteiger partial charge < -0.3 is 14.0 Å². The van der Waals surface area contributed by atoms with Gasteiger partial charge in [-0.1, -0.05) is 22.4 Å². The molecule has 0 aliphatic carbocycles. The fourth-order valence-electron chi connectivity index (χ4n) is 2.71. The van der Waals surface area contributed by atoms with Gasteiger partial charge in [-0.05, 0) is 45.7 Å². The molecule has 0 radical (unpaired) electrons. The molecule has 0 atom stereocenters. The van der Waals surface area contributed by atoms with Crippen LogP contribution in [-0.2, 0) is 19.6 Å². The van der Waals surface area contributed by atoms with E-state index in [9.17, 15) is 13.0 Å². The van der Waals surface area contributed by atoms with Gasteiger partial charge in [-0.2, -0.15) is 0 Å².